The fraction of sp³-hybridized carbons (Fsp3) is 0.833. The Bertz CT molecular complexity index is 74.9. The average molecular weight is 114 g/mol. The summed E-state index contributed by atoms with van der Waals surface area (Å²) in [4.78, 5) is 2.11. The van der Waals surface area contributed by atoms with E-state index in [0.717, 1.165) is 12.8 Å². The summed E-state index contributed by atoms with van der Waals surface area (Å²) in [7, 11) is 3.79. The number of rotatable bonds is 1. The van der Waals surface area contributed by atoms with E-state index in [1.165, 1.54) is 0 Å². The van der Waals surface area contributed by atoms with Crippen molar-refractivity contribution in [2.75, 3.05) is 14.2 Å². The second-order valence-electron chi connectivity index (χ2n) is 2.12. The molecule has 0 aromatic rings. The zero-order valence-corrected chi connectivity index (χ0v) is 5.42. The molecular formula is C6H12NO. The number of ether oxygens (including phenoxy) is 1. The molecule has 2 heteroatoms. The van der Waals surface area contributed by atoms with Gasteiger partial charge in [-0.3, -0.25) is 4.90 Å². The predicted molar refractivity (Wildman–Crippen MR) is 32.1 cm³/mol. The van der Waals surface area contributed by atoms with Crippen LogP contribution in [0.15, 0.2) is 0 Å². The maximum atomic E-state index is 5.12. The zero-order valence-electron chi connectivity index (χ0n) is 5.42. The van der Waals surface area contributed by atoms with Crippen LogP contribution in [0, 0.1) is 6.54 Å². The smallest absolute Gasteiger partial charge is 0.110 e. The van der Waals surface area contributed by atoms with E-state index in [0.29, 0.717) is 6.23 Å². The second kappa shape index (κ2) is 2.46. The van der Waals surface area contributed by atoms with Crippen molar-refractivity contribution in [1.82, 2.24) is 4.90 Å². The Morgan fingerprint density at radius 3 is 2.75 bits per heavy atom. The Morgan fingerprint density at radius 1 is 1.75 bits per heavy atom. The highest BCUT2D eigenvalue weighted by Gasteiger charge is 2.19. The van der Waals surface area contributed by atoms with Gasteiger partial charge in [0.15, 0.2) is 0 Å². The minimum absolute atomic E-state index is 0.343. The van der Waals surface area contributed by atoms with Crippen molar-refractivity contribution in [3.8, 4) is 0 Å². The summed E-state index contributed by atoms with van der Waals surface area (Å²) >= 11 is 0. The highest BCUT2D eigenvalue weighted by atomic mass is 16.5. The molecule has 1 radical (unpaired) electrons. The van der Waals surface area contributed by atoms with Crippen LogP contribution in [-0.4, -0.2) is 25.3 Å². The Hall–Kier alpha value is -0.0800. The maximum Gasteiger partial charge on any atom is 0.110 e. The van der Waals surface area contributed by atoms with Crippen LogP contribution in [0.25, 0.3) is 0 Å². The molecule has 1 heterocycles. The minimum atomic E-state index is 0.343. The fourth-order valence-electron chi connectivity index (χ4n) is 1.03. The van der Waals surface area contributed by atoms with Crippen LogP contribution >= 0.6 is 0 Å². The third-order valence-electron chi connectivity index (χ3n) is 1.56. The lowest BCUT2D eigenvalue weighted by atomic mass is 10.4. The molecule has 1 atom stereocenters. The normalized spacial score (nSPS) is 31.5. The lowest BCUT2D eigenvalue weighted by Crippen LogP contribution is -2.23. The zero-order chi connectivity index (χ0) is 5.98. The molecule has 1 aliphatic rings. The molecule has 0 amide bonds. The van der Waals surface area contributed by atoms with Gasteiger partial charge in [-0.1, -0.05) is 0 Å². The third-order valence-corrected chi connectivity index (χ3v) is 1.56. The number of hydrogen-bond acceptors (Lipinski definition) is 2. The van der Waals surface area contributed by atoms with Crippen molar-refractivity contribution in [2.45, 2.75) is 19.1 Å². The summed E-state index contributed by atoms with van der Waals surface area (Å²) in [6.07, 6.45) is 2.65. The second-order valence-corrected chi connectivity index (χ2v) is 2.12. The molecule has 1 rings (SSSR count). The molecule has 1 fully saturated rings. The first-order chi connectivity index (χ1) is 3.84. The maximum absolute atomic E-state index is 5.12. The van der Waals surface area contributed by atoms with E-state index < -0.39 is 0 Å². The summed E-state index contributed by atoms with van der Waals surface area (Å²) in [6.45, 7) is 2.16. The van der Waals surface area contributed by atoms with Gasteiger partial charge in [0.25, 0.3) is 0 Å². The number of hydrogen-bond donors (Lipinski definition) is 0. The van der Waals surface area contributed by atoms with E-state index in [1.807, 2.05) is 7.05 Å². The topological polar surface area (TPSA) is 12.5 Å². The Labute approximate surface area is 50.4 Å². The van der Waals surface area contributed by atoms with E-state index >= 15 is 0 Å². The number of nitrogens with zero attached hydrogens (tertiary/aromatic N) is 1. The van der Waals surface area contributed by atoms with Crippen LogP contribution in [0.5, 0.6) is 0 Å². The number of likely N-dealkylation sites (tertiary alicyclic amines) is 1. The van der Waals surface area contributed by atoms with Gasteiger partial charge in [0, 0.05) is 13.7 Å². The summed E-state index contributed by atoms with van der Waals surface area (Å²) in [5.74, 6) is 0. The highest BCUT2D eigenvalue weighted by Crippen LogP contribution is 2.17. The molecule has 0 aliphatic carbocycles. The van der Waals surface area contributed by atoms with Crippen LogP contribution in [0.3, 0.4) is 0 Å². The van der Waals surface area contributed by atoms with Crippen LogP contribution in [0.4, 0.5) is 0 Å². The predicted octanol–water partition coefficient (Wildman–Crippen LogP) is 0.846. The summed E-state index contributed by atoms with van der Waals surface area (Å²) in [5.41, 5.74) is 0. The molecule has 47 valence electrons. The van der Waals surface area contributed by atoms with Crippen LogP contribution in [0.1, 0.15) is 12.8 Å². The van der Waals surface area contributed by atoms with Gasteiger partial charge in [0.2, 0.25) is 0 Å². The molecule has 1 aliphatic heterocycles. The van der Waals surface area contributed by atoms with Gasteiger partial charge in [0.1, 0.15) is 6.23 Å². The molecule has 0 saturated carbocycles. The Kier molecular flexibility index (Phi) is 1.86. The molecule has 0 N–H and O–H groups in total. The van der Waals surface area contributed by atoms with E-state index in [-0.39, 0.29) is 0 Å². The summed E-state index contributed by atoms with van der Waals surface area (Å²) in [5, 5.41) is 0. The summed E-state index contributed by atoms with van der Waals surface area (Å²) < 4.78 is 5.12. The van der Waals surface area contributed by atoms with Crippen LogP contribution < -0.4 is 0 Å². The Morgan fingerprint density at radius 2 is 2.50 bits per heavy atom. The van der Waals surface area contributed by atoms with E-state index in [2.05, 4.69) is 11.4 Å². The van der Waals surface area contributed by atoms with Gasteiger partial charge in [-0.25, -0.2) is 0 Å². The van der Waals surface area contributed by atoms with Gasteiger partial charge >= 0.3 is 0 Å². The van der Waals surface area contributed by atoms with Crippen molar-refractivity contribution >= 4 is 0 Å². The van der Waals surface area contributed by atoms with Crippen molar-refractivity contribution < 1.29 is 4.74 Å². The molecule has 0 aromatic carbocycles. The molecule has 1 unspecified atom stereocenters. The van der Waals surface area contributed by atoms with E-state index in [9.17, 15) is 0 Å². The van der Waals surface area contributed by atoms with E-state index in [1.54, 1.807) is 7.11 Å². The molecule has 0 spiro atoms. The lowest BCUT2D eigenvalue weighted by Gasteiger charge is -2.15. The van der Waals surface area contributed by atoms with Gasteiger partial charge < -0.3 is 4.74 Å². The molecule has 8 heavy (non-hydrogen) atoms. The van der Waals surface area contributed by atoms with E-state index in [4.69, 9.17) is 4.74 Å². The SMILES string of the molecule is COC1CC[CH]N1C. The van der Waals surface area contributed by atoms with Crippen molar-refractivity contribution in [3.05, 3.63) is 6.54 Å². The minimum Gasteiger partial charge on any atom is -0.366 e. The molecular weight excluding hydrogens is 102 g/mol. The van der Waals surface area contributed by atoms with Crippen molar-refractivity contribution in [2.24, 2.45) is 0 Å². The summed E-state index contributed by atoms with van der Waals surface area (Å²) in [6, 6.07) is 0. The van der Waals surface area contributed by atoms with Gasteiger partial charge in [-0.05, 0) is 19.9 Å². The van der Waals surface area contributed by atoms with Crippen LogP contribution in [-0.2, 0) is 4.74 Å². The van der Waals surface area contributed by atoms with Gasteiger partial charge in [-0.2, -0.15) is 0 Å². The fourth-order valence-corrected chi connectivity index (χ4v) is 1.03. The quantitative estimate of drug-likeness (QED) is 0.501. The molecule has 0 aromatic heterocycles. The first-order valence-electron chi connectivity index (χ1n) is 2.92. The van der Waals surface area contributed by atoms with Crippen molar-refractivity contribution in [1.29, 1.82) is 0 Å². The monoisotopic (exact) mass is 114 g/mol. The van der Waals surface area contributed by atoms with Crippen LogP contribution in [0.2, 0.25) is 0 Å². The average Bonchev–Trinajstić information content (AvgIpc) is 2.14. The lowest BCUT2D eigenvalue weighted by molar-refractivity contribution is 0.0192. The molecule has 1 saturated heterocycles. The van der Waals surface area contributed by atoms with Gasteiger partial charge in [-0.15, -0.1) is 0 Å². The Balaban J connectivity index is 2.30. The first-order valence-corrected chi connectivity index (χ1v) is 2.92. The van der Waals surface area contributed by atoms with Gasteiger partial charge in [0.05, 0.1) is 0 Å². The largest absolute Gasteiger partial charge is 0.366 e. The number of methoxy groups -OCH3 is 1. The molecule has 2 nitrogen and oxygen atoms in total. The highest BCUT2D eigenvalue weighted by molar-refractivity contribution is 4.77. The first kappa shape index (κ1) is 6.05. The standard InChI is InChI=1S/C6H12NO/c1-7-5-3-4-6(7)8-2/h5-6H,3-4H2,1-2H3. The third kappa shape index (κ3) is 1.01. The molecule has 0 bridgehead atoms. The van der Waals surface area contributed by atoms with Crippen molar-refractivity contribution in [3.63, 3.8) is 0 Å².